The van der Waals surface area contributed by atoms with Gasteiger partial charge in [0.2, 0.25) is 0 Å². The van der Waals surface area contributed by atoms with Crippen molar-refractivity contribution >= 4 is 17.3 Å². The van der Waals surface area contributed by atoms with Gasteiger partial charge in [-0.3, -0.25) is 0 Å². The first kappa shape index (κ1) is 14.7. The van der Waals surface area contributed by atoms with Gasteiger partial charge in [0.25, 0.3) is 0 Å². The summed E-state index contributed by atoms with van der Waals surface area (Å²) < 4.78 is 18.6. The van der Waals surface area contributed by atoms with Crippen LogP contribution in [0.4, 0.5) is 10.1 Å². The molecule has 2 aromatic carbocycles. The summed E-state index contributed by atoms with van der Waals surface area (Å²) in [5.74, 6) is -0.102. The van der Waals surface area contributed by atoms with Crippen LogP contribution in [0.3, 0.4) is 0 Å². The Balaban J connectivity index is 2.19. The SMILES string of the molecule is COc1ccc(C(C)Nc2ccc(Cl)cc2C)cc1F. The summed E-state index contributed by atoms with van der Waals surface area (Å²) in [7, 11) is 1.46. The number of nitrogens with one attached hydrogen (secondary N) is 1. The molecule has 0 radical (unpaired) electrons. The van der Waals surface area contributed by atoms with Crippen LogP contribution < -0.4 is 10.1 Å². The molecule has 0 aliphatic heterocycles. The number of ether oxygens (including phenoxy) is 1. The van der Waals surface area contributed by atoms with E-state index in [0.717, 1.165) is 16.8 Å². The number of aryl methyl sites for hydroxylation is 1. The molecular formula is C16H17ClFNO. The van der Waals surface area contributed by atoms with Crippen LogP contribution in [0.2, 0.25) is 5.02 Å². The van der Waals surface area contributed by atoms with Crippen LogP contribution >= 0.6 is 11.6 Å². The average molecular weight is 294 g/mol. The molecule has 4 heteroatoms. The van der Waals surface area contributed by atoms with E-state index in [9.17, 15) is 4.39 Å². The van der Waals surface area contributed by atoms with E-state index in [-0.39, 0.29) is 17.6 Å². The monoisotopic (exact) mass is 293 g/mol. The van der Waals surface area contributed by atoms with Gasteiger partial charge in [-0.05, 0) is 55.3 Å². The van der Waals surface area contributed by atoms with Crippen LogP contribution in [0.25, 0.3) is 0 Å². The van der Waals surface area contributed by atoms with Crippen molar-refractivity contribution in [3.8, 4) is 5.75 Å². The summed E-state index contributed by atoms with van der Waals surface area (Å²) in [5.41, 5.74) is 2.90. The molecule has 0 heterocycles. The van der Waals surface area contributed by atoms with Crippen LogP contribution in [0.1, 0.15) is 24.1 Å². The van der Waals surface area contributed by atoms with Crippen LogP contribution in [0, 0.1) is 12.7 Å². The number of hydrogen-bond donors (Lipinski definition) is 1. The molecule has 0 bridgehead atoms. The van der Waals surface area contributed by atoms with Gasteiger partial charge in [-0.25, -0.2) is 4.39 Å². The Hall–Kier alpha value is -1.74. The fourth-order valence-corrected chi connectivity index (χ4v) is 2.28. The minimum Gasteiger partial charge on any atom is -0.494 e. The lowest BCUT2D eigenvalue weighted by molar-refractivity contribution is 0.386. The standard InChI is InChI=1S/C16H17ClFNO/c1-10-8-13(17)5-6-15(10)19-11(2)12-4-7-16(20-3)14(18)9-12/h4-9,11,19H,1-3H3. The normalized spacial score (nSPS) is 12.1. The van der Waals surface area contributed by atoms with E-state index in [1.165, 1.54) is 13.2 Å². The molecule has 0 aliphatic rings. The van der Waals surface area contributed by atoms with Crippen LogP contribution in [0.5, 0.6) is 5.75 Å². The summed E-state index contributed by atoms with van der Waals surface area (Å²) >= 11 is 5.93. The minimum atomic E-state index is -0.355. The Morgan fingerprint density at radius 1 is 1.20 bits per heavy atom. The van der Waals surface area contributed by atoms with Gasteiger partial charge in [0, 0.05) is 16.8 Å². The fraction of sp³-hybridized carbons (Fsp3) is 0.250. The van der Waals surface area contributed by atoms with Gasteiger partial charge >= 0.3 is 0 Å². The third kappa shape index (κ3) is 3.23. The second-order valence-corrected chi connectivity index (χ2v) is 5.16. The molecule has 0 fully saturated rings. The second-order valence-electron chi connectivity index (χ2n) is 4.72. The fourth-order valence-electron chi connectivity index (χ4n) is 2.06. The zero-order chi connectivity index (χ0) is 14.7. The van der Waals surface area contributed by atoms with Crippen molar-refractivity contribution in [1.82, 2.24) is 0 Å². The van der Waals surface area contributed by atoms with E-state index < -0.39 is 0 Å². The molecule has 2 aromatic rings. The maximum atomic E-state index is 13.7. The summed E-state index contributed by atoms with van der Waals surface area (Å²) in [6.07, 6.45) is 0. The third-order valence-electron chi connectivity index (χ3n) is 3.24. The number of hydrogen-bond acceptors (Lipinski definition) is 2. The van der Waals surface area contributed by atoms with Gasteiger partial charge in [0.05, 0.1) is 7.11 Å². The van der Waals surface area contributed by atoms with Gasteiger partial charge in [0.15, 0.2) is 11.6 Å². The maximum absolute atomic E-state index is 13.7. The van der Waals surface area contributed by atoms with Gasteiger partial charge in [-0.15, -0.1) is 0 Å². The molecule has 0 amide bonds. The second kappa shape index (κ2) is 6.14. The number of benzene rings is 2. The van der Waals surface area contributed by atoms with Crippen molar-refractivity contribution in [1.29, 1.82) is 0 Å². The predicted octanol–water partition coefficient (Wildman–Crippen LogP) is 4.97. The molecule has 0 aliphatic carbocycles. The first-order valence-corrected chi connectivity index (χ1v) is 6.75. The number of methoxy groups -OCH3 is 1. The van der Waals surface area contributed by atoms with Crippen molar-refractivity contribution < 1.29 is 9.13 Å². The number of rotatable bonds is 4. The van der Waals surface area contributed by atoms with Gasteiger partial charge in [0.1, 0.15) is 0 Å². The Morgan fingerprint density at radius 2 is 1.95 bits per heavy atom. The summed E-state index contributed by atoms with van der Waals surface area (Å²) in [6, 6.07) is 10.6. The summed E-state index contributed by atoms with van der Waals surface area (Å²) in [6.45, 7) is 3.96. The summed E-state index contributed by atoms with van der Waals surface area (Å²) in [4.78, 5) is 0. The molecule has 0 saturated carbocycles. The molecule has 2 rings (SSSR count). The van der Waals surface area contributed by atoms with Crippen molar-refractivity contribution in [2.24, 2.45) is 0 Å². The van der Waals surface area contributed by atoms with E-state index in [1.807, 2.05) is 38.1 Å². The van der Waals surface area contributed by atoms with Crippen molar-refractivity contribution in [3.63, 3.8) is 0 Å². The van der Waals surface area contributed by atoms with Crippen LogP contribution in [-0.4, -0.2) is 7.11 Å². The number of anilines is 1. The van der Waals surface area contributed by atoms with E-state index in [4.69, 9.17) is 16.3 Å². The molecule has 1 atom stereocenters. The lowest BCUT2D eigenvalue weighted by Crippen LogP contribution is -2.08. The molecule has 2 nitrogen and oxygen atoms in total. The van der Waals surface area contributed by atoms with Crippen molar-refractivity contribution in [3.05, 3.63) is 58.4 Å². The average Bonchev–Trinajstić information content (AvgIpc) is 2.41. The first-order chi connectivity index (χ1) is 9.51. The lowest BCUT2D eigenvalue weighted by Gasteiger charge is -2.18. The van der Waals surface area contributed by atoms with E-state index in [2.05, 4.69) is 5.32 Å². The Bertz CT molecular complexity index is 615. The predicted molar refractivity (Wildman–Crippen MR) is 81.2 cm³/mol. The zero-order valence-corrected chi connectivity index (χ0v) is 12.5. The van der Waals surface area contributed by atoms with Gasteiger partial charge < -0.3 is 10.1 Å². The molecule has 0 saturated heterocycles. The highest BCUT2D eigenvalue weighted by molar-refractivity contribution is 6.30. The molecule has 0 spiro atoms. The van der Waals surface area contributed by atoms with Crippen LogP contribution in [0.15, 0.2) is 36.4 Å². The zero-order valence-electron chi connectivity index (χ0n) is 11.7. The highest BCUT2D eigenvalue weighted by atomic mass is 35.5. The maximum Gasteiger partial charge on any atom is 0.165 e. The Morgan fingerprint density at radius 3 is 2.55 bits per heavy atom. The highest BCUT2D eigenvalue weighted by Crippen LogP contribution is 2.27. The van der Waals surface area contributed by atoms with Crippen molar-refractivity contribution in [2.45, 2.75) is 19.9 Å². The molecule has 1 unspecified atom stereocenters. The first-order valence-electron chi connectivity index (χ1n) is 6.37. The van der Waals surface area contributed by atoms with E-state index in [0.29, 0.717) is 5.02 Å². The quantitative estimate of drug-likeness (QED) is 0.859. The minimum absolute atomic E-state index is 0.0183. The smallest absolute Gasteiger partial charge is 0.165 e. The molecule has 20 heavy (non-hydrogen) atoms. The highest BCUT2D eigenvalue weighted by Gasteiger charge is 2.10. The van der Waals surface area contributed by atoms with Gasteiger partial charge in [-0.2, -0.15) is 0 Å². The number of halogens is 2. The Labute approximate surface area is 123 Å². The van der Waals surface area contributed by atoms with E-state index >= 15 is 0 Å². The topological polar surface area (TPSA) is 21.3 Å². The lowest BCUT2D eigenvalue weighted by atomic mass is 10.1. The summed E-state index contributed by atoms with van der Waals surface area (Å²) in [5, 5.41) is 4.06. The Kier molecular flexibility index (Phi) is 4.50. The molecule has 0 aromatic heterocycles. The van der Waals surface area contributed by atoms with E-state index in [1.54, 1.807) is 6.07 Å². The van der Waals surface area contributed by atoms with Crippen molar-refractivity contribution in [2.75, 3.05) is 12.4 Å². The third-order valence-corrected chi connectivity index (χ3v) is 3.47. The van der Waals surface area contributed by atoms with Crippen LogP contribution in [-0.2, 0) is 0 Å². The largest absolute Gasteiger partial charge is 0.494 e. The molecule has 106 valence electrons. The molecule has 1 N–H and O–H groups in total. The van der Waals surface area contributed by atoms with Gasteiger partial charge in [-0.1, -0.05) is 17.7 Å². The molecular weight excluding hydrogens is 277 g/mol.